The third-order valence-corrected chi connectivity index (χ3v) is 4.29. The molecular formula is C20H21FN4OS. The summed E-state index contributed by atoms with van der Waals surface area (Å²) < 4.78 is 21.4. The largest absolute Gasteiger partial charge is 0.489 e. The Morgan fingerprint density at radius 1 is 1.22 bits per heavy atom. The minimum absolute atomic E-state index is 0.186. The van der Waals surface area contributed by atoms with E-state index in [1.54, 1.807) is 29.1 Å². The van der Waals surface area contributed by atoms with Gasteiger partial charge in [-0.15, -0.1) is 0 Å². The van der Waals surface area contributed by atoms with E-state index in [2.05, 4.69) is 22.2 Å². The topological polar surface area (TPSA) is 55.2 Å². The zero-order chi connectivity index (χ0) is 19.1. The van der Waals surface area contributed by atoms with Crippen molar-refractivity contribution in [2.75, 3.05) is 0 Å². The molecule has 0 saturated heterocycles. The Kier molecular flexibility index (Phi) is 6.49. The molecule has 0 aliphatic heterocycles. The van der Waals surface area contributed by atoms with Gasteiger partial charge in [-0.05, 0) is 54.5 Å². The maximum atomic E-state index is 13.6. The van der Waals surface area contributed by atoms with E-state index < -0.39 is 0 Å². The van der Waals surface area contributed by atoms with Crippen molar-refractivity contribution in [2.24, 2.45) is 5.10 Å². The number of benzene rings is 2. The number of hydrogen-bond acceptors (Lipinski definition) is 4. The molecule has 0 spiro atoms. The van der Waals surface area contributed by atoms with Gasteiger partial charge in [0.05, 0.1) is 6.21 Å². The number of halogens is 1. The van der Waals surface area contributed by atoms with Gasteiger partial charge < -0.3 is 4.74 Å². The van der Waals surface area contributed by atoms with Gasteiger partial charge in [0, 0.05) is 12.0 Å². The summed E-state index contributed by atoms with van der Waals surface area (Å²) in [4.78, 5) is 0. The smallest absolute Gasteiger partial charge is 0.216 e. The fourth-order valence-electron chi connectivity index (χ4n) is 2.49. The molecule has 7 heteroatoms. The lowest BCUT2D eigenvalue weighted by Gasteiger charge is -2.07. The van der Waals surface area contributed by atoms with Crippen molar-refractivity contribution in [3.63, 3.8) is 0 Å². The summed E-state index contributed by atoms with van der Waals surface area (Å²) in [6.07, 6.45) is 4.66. The quantitative estimate of drug-likeness (QED) is 0.445. The summed E-state index contributed by atoms with van der Waals surface area (Å²) in [5.74, 6) is 1.22. The second kappa shape index (κ2) is 9.23. The molecule has 27 heavy (non-hydrogen) atoms. The average Bonchev–Trinajstić information content (AvgIpc) is 3.04. The Morgan fingerprint density at radius 2 is 2.00 bits per heavy atom. The van der Waals surface area contributed by atoms with Gasteiger partial charge in [0.2, 0.25) is 4.77 Å². The van der Waals surface area contributed by atoms with Gasteiger partial charge >= 0.3 is 0 Å². The molecular weight excluding hydrogens is 363 g/mol. The SMILES string of the molecule is CCCCc1n[nH]c(=S)n1/N=C/c1ccc(OCc2ccccc2F)cc1. The molecule has 1 N–H and O–H groups in total. The normalized spacial score (nSPS) is 11.2. The molecule has 0 atom stereocenters. The van der Waals surface area contributed by atoms with Crippen molar-refractivity contribution in [1.29, 1.82) is 0 Å². The first-order chi connectivity index (χ1) is 13.2. The van der Waals surface area contributed by atoms with Crippen molar-refractivity contribution in [1.82, 2.24) is 14.9 Å². The first-order valence-electron chi connectivity index (χ1n) is 8.84. The number of aromatic amines is 1. The average molecular weight is 384 g/mol. The number of unbranched alkanes of at least 4 members (excludes halogenated alkanes) is 1. The monoisotopic (exact) mass is 384 g/mol. The van der Waals surface area contributed by atoms with Crippen LogP contribution in [0.15, 0.2) is 53.6 Å². The first-order valence-corrected chi connectivity index (χ1v) is 9.25. The highest BCUT2D eigenvalue weighted by molar-refractivity contribution is 7.71. The van der Waals surface area contributed by atoms with Crippen molar-refractivity contribution < 1.29 is 9.13 Å². The van der Waals surface area contributed by atoms with Crippen LogP contribution in [0.4, 0.5) is 4.39 Å². The van der Waals surface area contributed by atoms with E-state index in [1.807, 2.05) is 24.3 Å². The molecule has 0 radical (unpaired) electrons. The highest BCUT2D eigenvalue weighted by Crippen LogP contribution is 2.15. The van der Waals surface area contributed by atoms with Crippen molar-refractivity contribution in [3.8, 4) is 5.75 Å². The lowest BCUT2D eigenvalue weighted by Crippen LogP contribution is -2.00. The van der Waals surface area contributed by atoms with Crippen LogP contribution >= 0.6 is 12.2 Å². The minimum Gasteiger partial charge on any atom is -0.489 e. The fraction of sp³-hybridized carbons (Fsp3) is 0.250. The Balaban J connectivity index is 1.64. The lowest BCUT2D eigenvalue weighted by atomic mass is 10.2. The van der Waals surface area contributed by atoms with Gasteiger partial charge in [0.25, 0.3) is 0 Å². The van der Waals surface area contributed by atoms with E-state index in [0.717, 1.165) is 30.7 Å². The summed E-state index contributed by atoms with van der Waals surface area (Å²) in [5, 5.41) is 11.4. The predicted molar refractivity (Wildman–Crippen MR) is 106 cm³/mol. The van der Waals surface area contributed by atoms with E-state index in [-0.39, 0.29) is 12.4 Å². The Morgan fingerprint density at radius 3 is 2.74 bits per heavy atom. The van der Waals surface area contributed by atoms with Crippen LogP contribution in [0.1, 0.15) is 36.7 Å². The number of aromatic nitrogens is 3. The van der Waals surface area contributed by atoms with Crippen molar-refractivity contribution in [2.45, 2.75) is 32.8 Å². The summed E-state index contributed by atoms with van der Waals surface area (Å²) in [6, 6.07) is 14.0. The summed E-state index contributed by atoms with van der Waals surface area (Å²) >= 11 is 5.23. The van der Waals surface area contributed by atoms with Crippen molar-refractivity contribution in [3.05, 3.63) is 76.1 Å². The van der Waals surface area contributed by atoms with E-state index in [4.69, 9.17) is 17.0 Å². The number of nitrogens with one attached hydrogen (secondary N) is 1. The third kappa shape index (κ3) is 5.10. The minimum atomic E-state index is -0.267. The van der Waals surface area contributed by atoms with Crippen LogP contribution < -0.4 is 4.74 Å². The lowest BCUT2D eigenvalue weighted by molar-refractivity contribution is 0.300. The molecule has 1 heterocycles. The zero-order valence-corrected chi connectivity index (χ0v) is 15.9. The zero-order valence-electron chi connectivity index (χ0n) is 15.1. The number of aryl methyl sites for hydroxylation is 1. The molecule has 0 fully saturated rings. The number of H-pyrrole nitrogens is 1. The fourth-order valence-corrected chi connectivity index (χ4v) is 2.69. The Labute approximate surface area is 162 Å². The molecule has 0 aliphatic rings. The van der Waals surface area contributed by atoms with Crippen LogP contribution in [0.2, 0.25) is 0 Å². The van der Waals surface area contributed by atoms with E-state index in [0.29, 0.717) is 16.1 Å². The van der Waals surface area contributed by atoms with Crippen molar-refractivity contribution >= 4 is 18.4 Å². The van der Waals surface area contributed by atoms with Crippen LogP contribution in [0.25, 0.3) is 0 Å². The number of rotatable bonds is 8. The van der Waals surface area contributed by atoms with Crippen LogP contribution in [0, 0.1) is 10.6 Å². The molecule has 140 valence electrons. The van der Waals surface area contributed by atoms with E-state index in [1.165, 1.54) is 6.07 Å². The Bertz CT molecular complexity index is 963. The van der Waals surface area contributed by atoms with Crippen LogP contribution in [-0.4, -0.2) is 21.1 Å². The van der Waals surface area contributed by atoms with Gasteiger partial charge in [-0.25, -0.2) is 4.39 Å². The second-order valence-electron chi connectivity index (χ2n) is 6.05. The standard InChI is InChI=1S/C20H21FN4OS/c1-2-3-8-19-23-24-20(27)25(19)22-13-15-9-11-17(12-10-15)26-14-16-6-4-5-7-18(16)21/h4-7,9-13H,2-3,8,14H2,1H3,(H,24,27)/b22-13+. The number of hydrogen-bond donors (Lipinski definition) is 1. The van der Waals surface area contributed by atoms with Crippen LogP contribution in [0.5, 0.6) is 5.75 Å². The second-order valence-corrected chi connectivity index (χ2v) is 6.44. The molecule has 0 bridgehead atoms. The number of nitrogens with zero attached hydrogens (tertiary/aromatic N) is 3. The molecule has 0 aliphatic carbocycles. The maximum absolute atomic E-state index is 13.6. The number of ether oxygens (including phenoxy) is 1. The van der Waals surface area contributed by atoms with Gasteiger partial charge in [0.1, 0.15) is 18.2 Å². The molecule has 3 rings (SSSR count). The van der Waals surface area contributed by atoms with Crippen LogP contribution in [-0.2, 0) is 13.0 Å². The van der Waals surface area contributed by atoms with Crippen LogP contribution in [0.3, 0.4) is 0 Å². The summed E-state index contributed by atoms with van der Waals surface area (Å²) in [7, 11) is 0. The predicted octanol–water partition coefficient (Wildman–Crippen LogP) is 4.88. The first kappa shape index (κ1) is 19.0. The van der Waals surface area contributed by atoms with Gasteiger partial charge in [-0.1, -0.05) is 31.5 Å². The maximum Gasteiger partial charge on any atom is 0.216 e. The van der Waals surface area contributed by atoms with Gasteiger partial charge in [-0.2, -0.15) is 14.9 Å². The van der Waals surface area contributed by atoms with E-state index in [9.17, 15) is 4.39 Å². The molecule has 1 aromatic heterocycles. The molecule has 0 unspecified atom stereocenters. The highest BCUT2D eigenvalue weighted by atomic mass is 32.1. The molecule has 0 amide bonds. The summed E-state index contributed by atoms with van der Waals surface area (Å²) in [5.41, 5.74) is 1.43. The summed E-state index contributed by atoms with van der Waals surface area (Å²) in [6.45, 7) is 2.32. The van der Waals surface area contributed by atoms with Gasteiger partial charge in [-0.3, -0.25) is 5.10 Å². The van der Waals surface area contributed by atoms with Gasteiger partial charge in [0.15, 0.2) is 5.82 Å². The Hall–Kier alpha value is -2.80. The molecule has 5 nitrogen and oxygen atoms in total. The highest BCUT2D eigenvalue weighted by Gasteiger charge is 2.04. The molecule has 0 saturated carbocycles. The van der Waals surface area contributed by atoms with E-state index >= 15 is 0 Å². The third-order valence-electron chi connectivity index (χ3n) is 4.03. The molecule has 2 aromatic carbocycles. The molecule has 3 aromatic rings.